The normalized spacial score (nSPS) is 21.8. The highest BCUT2D eigenvalue weighted by atomic mass is 32.2. The molecule has 1 atom stereocenters. The van der Waals surface area contributed by atoms with Gasteiger partial charge < -0.3 is 15.2 Å². The van der Waals surface area contributed by atoms with Gasteiger partial charge in [0.25, 0.3) is 0 Å². The Morgan fingerprint density at radius 3 is 2.86 bits per heavy atom. The first kappa shape index (κ1) is 13.2. The Morgan fingerprint density at radius 1 is 1.24 bits per heavy atom. The third-order valence-electron chi connectivity index (χ3n) is 4.40. The summed E-state index contributed by atoms with van der Waals surface area (Å²) in [5.41, 5.74) is 8.92. The number of benzene rings is 1. The number of anilines is 1. The number of hydrogen-bond donors (Lipinski definition) is 1. The predicted molar refractivity (Wildman–Crippen MR) is 87.5 cm³/mol. The Kier molecular flexibility index (Phi) is 3.39. The fraction of sp³-hybridized carbons (Fsp3) is 0.438. The SMILES string of the molecule is Nc1ccccc1-c1cn2c(n1)SCC2CN1CCCC1. The van der Waals surface area contributed by atoms with Crippen molar-refractivity contribution in [3.63, 3.8) is 0 Å². The number of fused-ring (bicyclic) bond motifs is 1. The largest absolute Gasteiger partial charge is 0.398 e. The lowest BCUT2D eigenvalue weighted by Crippen LogP contribution is -2.27. The van der Waals surface area contributed by atoms with Crippen LogP contribution in [0.5, 0.6) is 0 Å². The smallest absolute Gasteiger partial charge is 0.168 e. The van der Waals surface area contributed by atoms with Gasteiger partial charge in [0.05, 0.1) is 11.7 Å². The average Bonchev–Trinajstić information content (AvgIpc) is 3.18. The highest BCUT2D eigenvalue weighted by Gasteiger charge is 2.27. The lowest BCUT2D eigenvalue weighted by molar-refractivity contribution is 0.288. The second kappa shape index (κ2) is 5.39. The van der Waals surface area contributed by atoms with Crippen molar-refractivity contribution in [2.45, 2.75) is 24.0 Å². The standard InChI is InChI=1S/C16H20N4S/c17-14-6-2-1-5-13(14)15-10-20-12(11-21-16(20)18-15)9-19-7-3-4-8-19/h1-2,5-6,10,12H,3-4,7-9,11,17H2. The molecule has 1 unspecified atom stereocenters. The van der Waals surface area contributed by atoms with Crippen LogP contribution in [0.25, 0.3) is 11.3 Å². The van der Waals surface area contributed by atoms with E-state index in [1.165, 1.54) is 25.9 Å². The molecular formula is C16H20N4S. The molecule has 5 heteroatoms. The molecule has 4 nitrogen and oxygen atoms in total. The highest BCUT2D eigenvalue weighted by molar-refractivity contribution is 7.99. The summed E-state index contributed by atoms with van der Waals surface area (Å²) >= 11 is 1.87. The number of nitrogen functional groups attached to an aromatic ring is 1. The van der Waals surface area contributed by atoms with Gasteiger partial charge in [-0.2, -0.15) is 0 Å². The van der Waals surface area contributed by atoms with E-state index in [0.29, 0.717) is 6.04 Å². The topological polar surface area (TPSA) is 47.1 Å². The van der Waals surface area contributed by atoms with Gasteiger partial charge in [0.15, 0.2) is 5.16 Å². The Bertz CT molecular complexity index is 645. The van der Waals surface area contributed by atoms with Gasteiger partial charge >= 0.3 is 0 Å². The molecule has 21 heavy (non-hydrogen) atoms. The molecule has 0 radical (unpaired) electrons. The first-order valence-corrected chi connectivity index (χ1v) is 8.59. The maximum atomic E-state index is 6.07. The van der Waals surface area contributed by atoms with E-state index >= 15 is 0 Å². The van der Waals surface area contributed by atoms with Crippen LogP contribution >= 0.6 is 11.8 Å². The molecule has 1 fully saturated rings. The Labute approximate surface area is 129 Å². The summed E-state index contributed by atoms with van der Waals surface area (Å²) in [5, 5.41) is 1.14. The van der Waals surface area contributed by atoms with Gasteiger partial charge in [0.1, 0.15) is 0 Å². The van der Waals surface area contributed by atoms with Crippen molar-refractivity contribution in [1.29, 1.82) is 0 Å². The molecule has 1 saturated heterocycles. The zero-order valence-corrected chi connectivity index (χ0v) is 12.9. The Morgan fingerprint density at radius 2 is 2.05 bits per heavy atom. The lowest BCUT2D eigenvalue weighted by Gasteiger charge is -2.20. The maximum Gasteiger partial charge on any atom is 0.168 e. The van der Waals surface area contributed by atoms with Crippen LogP contribution in [0.4, 0.5) is 5.69 Å². The second-order valence-electron chi connectivity index (χ2n) is 5.88. The molecule has 1 aromatic carbocycles. The van der Waals surface area contributed by atoms with Gasteiger partial charge in [-0.3, -0.25) is 0 Å². The Hall–Kier alpha value is -1.46. The highest BCUT2D eigenvalue weighted by Crippen LogP contribution is 2.37. The van der Waals surface area contributed by atoms with Crippen LogP contribution in [-0.2, 0) is 0 Å². The van der Waals surface area contributed by atoms with Crippen molar-refractivity contribution in [2.24, 2.45) is 0 Å². The van der Waals surface area contributed by atoms with Crippen molar-refractivity contribution >= 4 is 17.4 Å². The second-order valence-corrected chi connectivity index (χ2v) is 6.86. The number of hydrogen-bond acceptors (Lipinski definition) is 4. The summed E-state index contributed by atoms with van der Waals surface area (Å²) in [5.74, 6) is 1.14. The molecule has 0 saturated carbocycles. The maximum absolute atomic E-state index is 6.07. The minimum absolute atomic E-state index is 0.550. The zero-order chi connectivity index (χ0) is 14.2. The van der Waals surface area contributed by atoms with Crippen molar-refractivity contribution < 1.29 is 0 Å². The van der Waals surface area contributed by atoms with Gasteiger partial charge in [-0.15, -0.1) is 0 Å². The van der Waals surface area contributed by atoms with Crippen molar-refractivity contribution in [2.75, 3.05) is 31.1 Å². The molecule has 0 spiro atoms. The molecule has 2 aliphatic heterocycles. The number of aromatic nitrogens is 2. The summed E-state index contributed by atoms with van der Waals surface area (Å²) < 4.78 is 2.35. The van der Waals surface area contributed by atoms with Crippen molar-refractivity contribution in [3.8, 4) is 11.3 Å². The molecule has 2 aromatic rings. The van der Waals surface area contributed by atoms with Crippen LogP contribution in [0.2, 0.25) is 0 Å². The molecule has 0 amide bonds. The van der Waals surface area contributed by atoms with E-state index in [4.69, 9.17) is 10.7 Å². The monoisotopic (exact) mass is 300 g/mol. The van der Waals surface area contributed by atoms with Crippen LogP contribution in [0.15, 0.2) is 35.6 Å². The van der Waals surface area contributed by atoms with E-state index in [2.05, 4.69) is 15.7 Å². The van der Waals surface area contributed by atoms with Crippen molar-refractivity contribution in [1.82, 2.24) is 14.5 Å². The van der Waals surface area contributed by atoms with Crippen molar-refractivity contribution in [3.05, 3.63) is 30.5 Å². The van der Waals surface area contributed by atoms with Gasteiger partial charge in [-0.05, 0) is 32.0 Å². The van der Waals surface area contributed by atoms with E-state index in [9.17, 15) is 0 Å². The van der Waals surface area contributed by atoms with Crippen LogP contribution in [0.3, 0.4) is 0 Å². The number of imidazole rings is 1. The molecule has 2 N–H and O–H groups in total. The Balaban J connectivity index is 1.60. The number of nitrogens with two attached hydrogens (primary N) is 1. The lowest BCUT2D eigenvalue weighted by atomic mass is 10.1. The zero-order valence-electron chi connectivity index (χ0n) is 12.0. The van der Waals surface area contributed by atoms with Gasteiger partial charge in [-0.1, -0.05) is 30.0 Å². The van der Waals surface area contributed by atoms with Gasteiger partial charge in [-0.25, -0.2) is 4.98 Å². The van der Waals surface area contributed by atoms with E-state index in [1.54, 1.807) is 0 Å². The first-order valence-electron chi connectivity index (χ1n) is 7.60. The molecule has 4 rings (SSSR count). The number of nitrogens with zero attached hydrogens (tertiary/aromatic N) is 3. The van der Waals surface area contributed by atoms with E-state index < -0.39 is 0 Å². The molecule has 0 bridgehead atoms. The summed E-state index contributed by atoms with van der Waals surface area (Å²) in [7, 11) is 0. The average molecular weight is 300 g/mol. The molecule has 0 aliphatic carbocycles. The first-order chi connectivity index (χ1) is 10.3. The van der Waals surface area contributed by atoms with E-state index in [0.717, 1.165) is 34.4 Å². The number of likely N-dealkylation sites (tertiary alicyclic amines) is 1. The van der Waals surface area contributed by atoms with Crippen LogP contribution in [0.1, 0.15) is 18.9 Å². The summed E-state index contributed by atoms with van der Waals surface area (Å²) in [6, 6.07) is 8.52. The fourth-order valence-electron chi connectivity index (χ4n) is 3.26. The minimum Gasteiger partial charge on any atom is -0.398 e. The molecule has 3 heterocycles. The molecule has 2 aliphatic rings. The third kappa shape index (κ3) is 2.45. The third-order valence-corrected chi connectivity index (χ3v) is 5.51. The van der Waals surface area contributed by atoms with Crippen LogP contribution < -0.4 is 5.73 Å². The number of rotatable bonds is 3. The van der Waals surface area contributed by atoms with Crippen LogP contribution in [0, 0.1) is 0 Å². The molecular weight excluding hydrogens is 280 g/mol. The summed E-state index contributed by atoms with van der Waals surface area (Å²) in [4.78, 5) is 7.35. The number of para-hydroxylation sites is 1. The van der Waals surface area contributed by atoms with Gasteiger partial charge in [0, 0.05) is 29.7 Å². The summed E-state index contributed by atoms with van der Waals surface area (Å²) in [6.45, 7) is 3.66. The number of thioether (sulfide) groups is 1. The summed E-state index contributed by atoms with van der Waals surface area (Å²) in [6.07, 6.45) is 4.88. The minimum atomic E-state index is 0.550. The molecule has 110 valence electrons. The fourth-order valence-corrected chi connectivity index (χ4v) is 4.38. The predicted octanol–water partition coefficient (Wildman–Crippen LogP) is 2.87. The quantitative estimate of drug-likeness (QED) is 0.886. The van der Waals surface area contributed by atoms with E-state index in [1.807, 2.05) is 36.0 Å². The van der Waals surface area contributed by atoms with Crippen LogP contribution in [-0.4, -0.2) is 39.8 Å². The molecule has 1 aromatic heterocycles. The van der Waals surface area contributed by atoms with Gasteiger partial charge in [0.2, 0.25) is 0 Å². The van der Waals surface area contributed by atoms with E-state index in [-0.39, 0.29) is 0 Å².